The van der Waals surface area contributed by atoms with Gasteiger partial charge >= 0.3 is 0 Å². The molecule has 0 aliphatic carbocycles. The van der Waals surface area contributed by atoms with Gasteiger partial charge in [-0.2, -0.15) is 0 Å². The van der Waals surface area contributed by atoms with E-state index in [1.54, 1.807) is 18.2 Å². The normalized spacial score (nSPS) is 10.5. The molecule has 0 saturated carbocycles. The topological polar surface area (TPSA) is 41.5 Å². The van der Waals surface area contributed by atoms with Gasteiger partial charge in [-0.3, -0.25) is 0 Å². The summed E-state index contributed by atoms with van der Waals surface area (Å²) in [5.74, 6) is -2.37. The fraction of sp³-hybridized carbons (Fsp3) is 0.200. The quantitative estimate of drug-likeness (QED) is 0.863. The molecule has 0 aromatic heterocycles. The van der Waals surface area contributed by atoms with Crippen molar-refractivity contribution >= 4 is 17.3 Å². The lowest BCUT2D eigenvalue weighted by atomic mass is 10.2. The number of phenols is 1. The highest BCUT2D eigenvalue weighted by Crippen LogP contribution is 2.29. The molecule has 0 saturated heterocycles. The average Bonchev–Trinajstić information content (AvgIpc) is 2.45. The standard InChI is InChI=1S/C15H14ClF2NO2/c1-2-21-14-4-3-10(16)7-13(14)19-8-9-5-11(17)15(20)12(18)6-9/h3-7,19-20H,2,8H2,1H3. The van der Waals surface area contributed by atoms with Crippen LogP contribution in [0.1, 0.15) is 12.5 Å². The zero-order valence-electron chi connectivity index (χ0n) is 11.3. The lowest BCUT2D eigenvalue weighted by Crippen LogP contribution is -2.03. The largest absolute Gasteiger partial charge is 0.503 e. The van der Waals surface area contributed by atoms with Crippen molar-refractivity contribution in [1.82, 2.24) is 0 Å². The van der Waals surface area contributed by atoms with Crippen LogP contribution < -0.4 is 10.1 Å². The van der Waals surface area contributed by atoms with E-state index in [2.05, 4.69) is 5.32 Å². The number of nitrogens with one attached hydrogen (secondary N) is 1. The molecular weight excluding hydrogens is 300 g/mol. The van der Waals surface area contributed by atoms with Crippen LogP contribution in [0.25, 0.3) is 0 Å². The minimum atomic E-state index is -0.997. The van der Waals surface area contributed by atoms with E-state index in [-0.39, 0.29) is 6.54 Å². The van der Waals surface area contributed by atoms with Crippen LogP contribution in [0, 0.1) is 11.6 Å². The number of halogens is 3. The van der Waals surface area contributed by atoms with Crippen LogP contribution in [0.3, 0.4) is 0 Å². The van der Waals surface area contributed by atoms with E-state index in [1.165, 1.54) is 0 Å². The molecule has 0 radical (unpaired) electrons. The van der Waals surface area contributed by atoms with Gasteiger partial charge in [-0.25, -0.2) is 8.78 Å². The van der Waals surface area contributed by atoms with Gasteiger partial charge in [0.1, 0.15) is 5.75 Å². The first-order chi connectivity index (χ1) is 10.0. The number of anilines is 1. The SMILES string of the molecule is CCOc1ccc(Cl)cc1NCc1cc(F)c(O)c(F)c1. The van der Waals surface area contributed by atoms with Gasteiger partial charge < -0.3 is 15.2 Å². The zero-order valence-corrected chi connectivity index (χ0v) is 12.0. The van der Waals surface area contributed by atoms with Crippen LogP contribution in [-0.2, 0) is 6.54 Å². The molecule has 21 heavy (non-hydrogen) atoms. The van der Waals surface area contributed by atoms with E-state index < -0.39 is 17.4 Å². The van der Waals surface area contributed by atoms with Gasteiger partial charge in [-0.15, -0.1) is 0 Å². The van der Waals surface area contributed by atoms with Crippen molar-refractivity contribution in [1.29, 1.82) is 0 Å². The number of rotatable bonds is 5. The Balaban J connectivity index is 2.18. The molecule has 0 atom stereocenters. The van der Waals surface area contributed by atoms with Gasteiger partial charge in [-0.05, 0) is 42.8 Å². The van der Waals surface area contributed by atoms with Gasteiger partial charge in [0, 0.05) is 11.6 Å². The van der Waals surface area contributed by atoms with Crippen molar-refractivity contribution in [2.24, 2.45) is 0 Å². The van der Waals surface area contributed by atoms with Crippen LogP contribution in [0.5, 0.6) is 11.5 Å². The number of aromatic hydroxyl groups is 1. The molecule has 2 N–H and O–H groups in total. The van der Waals surface area contributed by atoms with Crippen LogP contribution in [-0.4, -0.2) is 11.7 Å². The molecule has 2 rings (SSSR count). The maximum Gasteiger partial charge on any atom is 0.187 e. The number of hydrogen-bond acceptors (Lipinski definition) is 3. The maximum atomic E-state index is 13.3. The first kappa shape index (κ1) is 15.4. The molecule has 0 aliphatic rings. The lowest BCUT2D eigenvalue weighted by molar-refractivity contribution is 0.341. The van der Waals surface area contributed by atoms with Gasteiger partial charge in [-0.1, -0.05) is 11.6 Å². The Morgan fingerprint density at radius 2 is 1.86 bits per heavy atom. The zero-order chi connectivity index (χ0) is 15.4. The third-order valence-corrected chi connectivity index (χ3v) is 3.04. The summed E-state index contributed by atoms with van der Waals surface area (Å²) in [4.78, 5) is 0. The Kier molecular flexibility index (Phi) is 4.85. The molecule has 0 aliphatic heterocycles. The van der Waals surface area contributed by atoms with Crippen molar-refractivity contribution in [2.75, 3.05) is 11.9 Å². The third-order valence-electron chi connectivity index (χ3n) is 2.80. The van der Waals surface area contributed by atoms with E-state index >= 15 is 0 Å². The molecule has 0 fully saturated rings. The van der Waals surface area contributed by atoms with E-state index in [0.717, 1.165) is 12.1 Å². The van der Waals surface area contributed by atoms with Crippen LogP contribution in [0.4, 0.5) is 14.5 Å². The summed E-state index contributed by atoms with van der Waals surface area (Å²) in [5.41, 5.74) is 0.975. The molecule has 112 valence electrons. The number of benzene rings is 2. The molecule has 6 heteroatoms. The smallest absolute Gasteiger partial charge is 0.187 e. The Bertz CT molecular complexity index is 627. The summed E-state index contributed by atoms with van der Waals surface area (Å²) in [6, 6.07) is 7.20. The minimum absolute atomic E-state index is 0.161. The average molecular weight is 314 g/mol. The predicted molar refractivity (Wildman–Crippen MR) is 78.0 cm³/mol. The third kappa shape index (κ3) is 3.76. The highest BCUT2D eigenvalue weighted by Gasteiger charge is 2.10. The Hall–Kier alpha value is -2.01. The fourth-order valence-electron chi connectivity index (χ4n) is 1.84. The minimum Gasteiger partial charge on any atom is -0.503 e. The summed E-state index contributed by atoms with van der Waals surface area (Å²) in [5, 5.41) is 12.6. The molecule has 2 aromatic carbocycles. The molecule has 0 unspecified atom stereocenters. The highest BCUT2D eigenvalue weighted by molar-refractivity contribution is 6.30. The van der Waals surface area contributed by atoms with Crippen molar-refractivity contribution in [3.8, 4) is 11.5 Å². The molecule has 0 heterocycles. The number of phenolic OH excluding ortho intramolecular Hbond substituents is 1. The van der Waals surface area contributed by atoms with E-state index in [1.807, 2.05) is 6.92 Å². The molecule has 3 nitrogen and oxygen atoms in total. The monoisotopic (exact) mass is 313 g/mol. The van der Waals surface area contributed by atoms with Crippen LogP contribution >= 0.6 is 11.6 Å². The van der Waals surface area contributed by atoms with Crippen molar-refractivity contribution in [3.05, 3.63) is 52.6 Å². The first-order valence-corrected chi connectivity index (χ1v) is 6.72. The van der Waals surface area contributed by atoms with Crippen LogP contribution in [0.15, 0.2) is 30.3 Å². The summed E-state index contributed by atoms with van der Waals surface area (Å²) < 4.78 is 32.0. The van der Waals surface area contributed by atoms with E-state index in [0.29, 0.717) is 28.6 Å². The second-order valence-corrected chi connectivity index (χ2v) is 4.77. The Morgan fingerprint density at radius 3 is 2.48 bits per heavy atom. The lowest BCUT2D eigenvalue weighted by Gasteiger charge is -2.13. The van der Waals surface area contributed by atoms with Gasteiger partial charge in [0.05, 0.1) is 12.3 Å². The van der Waals surface area contributed by atoms with Crippen molar-refractivity contribution in [3.63, 3.8) is 0 Å². The molecule has 2 aromatic rings. The molecule has 0 bridgehead atoms. The van der Waals surface area contributed by atoms with Gasteiger partial charge in [0.25, 0.3) is 0 Å². The van der Waals surface area contributed by atoms with E-state index in [4.69, 9.17) is 21.4 Å². The van der Waals surface area contributed by atoms with Gasteiger partial charge in [0.2, 0.25) is 0 Å². The predicted octanol–water partition coefficient (Wildman–Crippen LogP) is 4.33. The Morgan fingerprint density at radius 1 is 1.19 bits per heavy atom. The van der Waals surface area contributed by atoms with E-state index in [9.17, 15) is 8.78 Å². The number of hydrogen-bond donors (Lipinski definition) is 2. The first-order valence-electron chi connectivity index (χ1n) is 6.34. The molecular formula is C15H14ClF2NO2. The van der Waals surface area contributed by atoms with Crippen molar-refractivity contribution in [2.45, 2.75) is 13.5 Å². The highest BCUT2D eigenvalue weighted by atomic mass is 35.5. The Labute approximate surface area is 126 Å². The molecule has 0 amide bonds. The molecule has 0 spiro atoms. The van der Waals surface area contributed by atoms with Crippen molar-refractivity contribution < 1.29 is 18.6 Å². The number of ether oxygens (including phenoxy) is 1. The van der Waals surface area contributed by atoms with Crippen LogP contribution in [0.2, 0.25) is 5.02 Å². The fourth-order valence-corrected chi connectivity index (χ4v) is 2.01. The van der Waals surface area contributed by atoms with Gasteiger partial charge in [0.15, 0.2) is 17.4 Å². The summed E-state index contributed by atoms with van der Waals surface area (Å²) >= 11 is 5.92. The summed E-state index contributed by atoms with van der Waals surface area (Å²) in [6.45, 7) is 2.50. The summed E-state index contributed by atoms with van der Waals surface area (Å²) in [6.07, 6.45) is 0. The maximum absolute atomic E-state index is 13.3. The second kappa shape index (κ2) is 6.63. The summed E-state index contributed by atoms with van der Waals surface area (Å²) in [7, 11) is 0. The second-order valence-electron chi connectivity index (χ2n) is 4.34.